The van der Waals surface area contributed by atoms with Crippen molar-refractivity contribution >= 4 is 30.3 Å². The maximum atomic E-state index is 12.4. The fourth-order valence-electron chi connectivity index (χ4n) is 3.03. The monoisotopic (exact) mass is 579 g/mol. The van der Waals surface area contributed by atoms with E-state index in [0.29, 0.717) is 12.0 Å². The zero-order chi connectivity index (χ0) is 31.2. The number of nitrogens with one attached hydrogen (secondary N) is 2. The lowest BCUT2D eigenvalue weighted by molar-refractivity contribution is -0.145. The zero-order valence-corrected chi connectivity index (χ0v) is 24.4. The number of hydrogen-bond acceptors (Lipinski definition) is 11. The summed E-state index contributed by atoms with van der Waals surface area (Å²) in [5.41, 5.74) is 4.96. The molecule has 0 radical (unpaired) electrons. The predicted molar refractivity (Wildman–Crippen MR) is 148 cm³/mol. The van der Waals surface area contributed by atoms with Crippen molar-refractivity contribution in [2.45, 2.75) is 84.1 Å². The normalized spacial score (nSPS) is 12.7. The number of benzene rings is 1. The average Bonchev–Trinajstić information content (AvgIpc) is 2.83. The summed E-state index contributed by atoms with van der Waals surface area (Å²) in [7, 11) is 0. The third kappa shape index (κ3) is 15.9. The number of esters is 2. The summed E-state index contributed by atoms with van der Waals surface area (Å²) in [6.07, 6.45) is -0.719. The third-order valence-electron chi connectivity index (χ3n) is 4.73. The number of rotatable bonds is 12. The van der Waals surface area contributed by atoms with Gasteiger partial charge in [-0.05, 0) is 72.1 Å². The molecule has 1 aromatic rings. The van der Waals surface area contributed by atoms with Crippen LogP contribution in [-0.2, 0) is 35.0 Å². The number of amides is 2. The summed E-state index contributed by atoms with van der Waals surface area (Å²) in [6.45, 7) is 13.9. The van der Waals surface area contributed by atoms with Crippen molar-refractivity contribution in [2.75, 3.05) is 13.2 Å². The van der Waals surface area contributed by atoms with Gasteiger partial charge in [0.1, 0.15) is 35.6 Å². The van der Waals surface area contributed by atoms with Crippen LogP contribution in [0.1, 0.15) is 59.9 Å². The molecule has 2 amide bonds. The standard InChI is InChI=1S/C28H41N3O10/c1-8-16-37-23(33)21(31-25(35)41-28(5,6)7)17-18-11-13-19(14-12-18)38-26(36)39-22(32)20(29)10-9-15-30-24(34)40-27(2,3)4/h8,11-14,20-21H,1,9-10,15-17,29H2,2-7H3,(H,30,34)(H,31,35)/t20-,21-/m0/s1. The van der Waals surface area contributed by atoms with Crippen molar-refractivity contribution in [3.63, 3.8) is 0 Å². The smallest absolute Gasteiger partial charge is 0.460 e. The number of nitrogens with two attached hydrogens (primary N) is 1. The molecule has 0 saturated heterocycles. The van der Waals surface area contributed by atoms with Gasteiger partial charge in [-0.25, -0.2) is 24.0 Å². The molecule has 228 valence electrons. The number of hydrogen-bond donors (Lipinski definition) is 3. The molecule has 0 aromatic heterocycles. The number of alkyl carbamates (subject to hydrolysis) is 2. The van der Waals surface area contributed by atoms with Gasteiger partial charge in [0.25, 0.3) is 0 Å². The molecule has 2 atom stereocenters. The minimum atomic E-state index is -1.28. The molecule has 0 spiro atoms. The third-order valence-corrected chi connectivity index (χ3v) is 4.73. The maximum absolute atomic E-state index is 12.4. The molecule has 0 aliphatic heterocycles. The molecule has 13 nitrogen and oxygen atoms in total. The van der Waals surface area contributed by atoms with E-state index in [1.165, 1.54) is 18.2 Å². The van der Waals surface area contributed by atoms with Gasteiger partial charge in [0.05, 0.1) is 0 Å². The van der Waals surface area contributed by atoms with Gasteiger partial charge in [-0.3, -0.25) is 0 Å². The Morgan fingerprint density at radius 1 is 0.927 bits per heavy atom. The summed E-state index contributed by atoms with van der Waals surface area (Å²) in [6, 6.07) is 3.78. The van der Waals surface area contributed by atoms with Gasteiger partial charge < -0.3 is 40.1 Å². The Morgan fingerprint density at radius 3 is 2.07 bits per heavy atom. The second kappa shape index (κ2) is 16.2. The van der Waals surface area contributed by atoms with E-state index in [2.05, 4.69) is 21.9 Å². The number of carbonyl (C=O) groups is 5. The van der Waals surface area contributed by atoms with Crippen molar-refractivity contribution in [1.29, 1.82) is 0 Å². The van der Waals surface area contributed by atoms with Crippen LogP contribution in [0.2, 0.25) is 0 Å². The van der Waals surface area contributed by atoms with Crippen LogP contribution < -0.4 is 21.1 Å². The second-order valence-electron chi connectivity index (χ2n) is 10.9. The fraction of sp³-hybridized carbons (Fsp3) is 0.536. The number of ether oxygens (including phenoxy) is 5. The van der Waals surface area contributed by atoms with E-state index in [4.69, 9.17) is 24.7 Å². The van der Waals surface area contributed by atoms with Gasteiger partial charge in [0.2, 0.25) is 0 Å². The zero-order valence-electron chi connectivity index (χ0n) is 24.4. The van der Waals surface area contributed by atoms with Crippen molar-refractivity contribution in [2.24, 2.45) is 5.73 Å². The van der Waals surface area contributed by atoms with E-state index >= 15 is 0 Å². The lowest BCUT2D eigenvalue weighted by Gasteiger charge is -2.23. The molecular weight excluding hydrogens is 538 g/mol. The topological polar surface area (TPSA) is 182 Å². The average molecular weight is 580 g/mol. The van der Waals surface area contributed by atoms with Gasteiger partial charge in [0.15, 0.2) is 0 Å². The van der Waals surface area contributed by atoms with Crippen molar-refractivity contribution in [3.8, 4) is 5.75 Å². The van der Waals surface area contributed by atoms with Gasteiger partial charge in [0, 0.05) is 13.0 Å². The van der Waals surface area contributed by atoms with Crippen LogP contribution in [0.4, 0.5) is 14.4 Å². The van der Waals surface area contributed by atoms with Crippen LogP contribution >= 0.6 is 0 Å². The summed E-state index contributed by atoms with van der Waals surface area (Å²) in [5, 5.41) is 5.03. The Hall–Kier alpha value is -4.13. The SMILES string of the molecule is C=CCOC(=O)[C@H](Cc1ccc(OC(=O)OC(=O)[C@@H](N)CCCNC(=O)OC(C)(C)C)cc1)NC(=O)OC(C)(C)C. The Balaban J connectivity index is 2.60. The summed E-state index contributed by atoms with van der Waals surface area (Å²) in [4.78, 5) is 60.4. The van der Waals surface area contributed by atoms with Crippen molar-refractivity contribution in [3.05, 3.63) is 42.5 Å². The van der Waals surface area contributed by atoms with Crippen molar-refractivity contribution in [1.82, 2.24) is 10.6 Å². The lowest BCUT2D eigenvalue weighted by atomic mass is 10.1. The highest BCUT2D eigenvalue weighted by atomic mass is 16.7. The van der Waals surface area contributed by atoms with Crippen LogP contribution in [0.15, 0.2) is 36.9 Å². The first-order chi connectivity index (χ1) is 19.0. The molecule has 0 aliphatic rings. The molecule has 0 heterocycles. The molecule has 0 fully saturated rings. The first-order valence-corrected chi connectivity index (χ1v) is 13.0. The lowest BCUT2D eigenvalue weighted by Crippen LogP contribution is -2.45. The largest absolute Gasteiger partial charge is 0.521 e. The Labute approximate surface area is 240 Å². The minimum Gasteiger partial charge on any atom is -0.460 e. The highest BCUT2D eigenvalue weighted by Gasteiger charge is 2.26. The van der Waals surface area contributed by atoms with E-state index in [9.17, 15) is 24.0 Å². The minimum absolute atomic E-state index is 0.0361. The predicted octanol–water partition coefficient (Wildman–Crippen LogP) is 3.53. The molecule has 13 heteroatoms. The Morgan fingerprint density at radius 2 is 1.51 bits per heavy atom. The molecule has 0 bridgehead atoms. The van der Waals surface area contributed by atoms with E-state index in [-0.39, 0.29) is 31.7 Å². The highest BCUT2D eigenvalue weighted by molar-refractivity contribution is 5.86. The van der Waals surface area contributed by atoms with Crippen LogP contribution in [0.25, 0.3) is 0 Å². The molecule has 0 saturated carbocycles. The number of carbonyl (C=O) groups excluding carboxylic acids is 5. The molecule has 0 aliphatic carbocycles. The molecule has 1 aromatic carbocycles. The summed E-state index contributed by atoms with van der Waals surface area (Å²) < 4.78 is 25.0. The Kier molecular flexibility index (Phi) is 13.8. The second-order valence-corrected chi connectivity index (χ2v) is 10.9. The van der Waals surface area contributed by atoms with Gasteiger partial charge in [-0.2, -0.15) is 0 Å². The molecule has 4 N–H and O–H groups in total. The first kappa shape index (κ1) is 34.9. The molecular formula is C28H41N3O10. The fourth-order valence-corrected chi connectivity index (χ4v) is 3.03. The quantitative estimate of drug-likeness (QED) is 0.0823. The van der Waals surface area contributed by atoms with Gasteiger partial charge in [-0.15, -0.1) is 0 Å². The Bertz CT molecular complexity index is 1060. The van der Waals surface area contributed by atoms with E-state index in [1.54, 1.807) is 53.7 Å². The molecule has 0 unspecified atom stereocenters. The first-order valence-electron chi connectivity index (χ1n) is 13.0. The van der Waals surface area contributed by atoms with E-state index in [0.717, 1.165) is 0 Å². The maximum Gasteiger partial charge on any atom is 0.521 e. The molecule has 41 heavy (non-hydrogen) atoms. The van der Waals surface area contributed by atoms with E-state index in [1.807, 2.05) is 0 Å². The highest BCUT2D eigenvalue weighted by Crippen LogP contribution is 2.16. The van der Waals surface area contributed by atoms with Crippen molar-refractivity contribution < 1.29 is 47.7 Å². The summed E-state index contributed by atoms with van der Waals surface area (Å²) >= 11 is 0. The van der Waals surface area contributed by atoms with Crippen LogP contribution in [0.3, 0.4) is 0 Å². The van der Waals surface area contributed by atoms with Gasteiger partial charge >= 0.3 is 30.3 Å². The van der Waals surface area contributed by atoms with Crippen LogP contribution in [0.5, 0.6) is 5.75 Å². The summed E-state index contributed by atoms with van der Waals surface area (Å²) in [5.74, 6) is -1.61. The van der Waals surface area contributed by atoms with Crippen LogP contribution in [0, 0.1) is 0 Å². The van der Waals surface area contributed by atoms with Gasteiger partial charge in [-0.1, -0.05) is 24.8 Å². The molecule has 1 rings (SSSR count). The van der Waals surface area contributed by atoms with E-state index < -0.39 is 53.6 Å². The van der Waals surface area contributed by atoms with Crippen LogP contribution in [-0.4, -0.2) is 66.7 Å².